The van der Waals surface area contributed by atoms with Crippen LogP contribution in [0.5, 0.6) is 5.75 Å². The zero-order valence-electron chi connectivity index (χ0n) is 18.7. The van der Waals surface area contributed by atoms with Crippen LogP contribution in [-0.2, 0) is 11.4 Å². The van der Waals surface area contributed by atoms with E-state index < -0.39 is 0 Å². The van der Waals surface area contributed by atoms with Crippen molar-refractivity contribution in [3.63, 3.8) is 0 Å². The van der Waals surface area contributed by atoms with Crippen LogP contribution in [0.15, 0.2) is 54.1 Å². The summed E-state index contributed by atoms with van der Waals surface area (Å²) in [6.07, 6.45) is 5.30. The van der Waals surface area contributed by atoms with E-state index in [9.17, 15) is 9.50 Å². The number of nitrogens with zero attached hydrogens (tertiary/aromatic N) is 4. The van der Waals surface area contributed by atoms with Crippen molar-refractivity contribution in [1.82, 2.24) is 14.5 Å². The van der Waals surface area contributed by atoms with Crippen molar-refractivity contribution in [3.8, 4) is 11.4 Å². The first-order valence-corrected chi connectivity index (χ1v) is 11.2. The molecule has 3 heterocycles. The fraction of sp³-hybridized carbons (Fsp3) is 0.360. The minimum atomic E-state index is -0.301. The minimum Gasteiger partial charge on any atom is -0.488 e. The molecule has 5 rings (SSSR count). The van der Waals surface area contributed by atoms with Gasteiger partial charge < -0.3 is 24.1 Å². The number of aryl methyl sites for hydroxylation is 2. The number of hydrogen-bond acceptors (Lipinski definition) is 6. The lowest BCUT2D eigenvalue weighted by atomic mass is 9.96. The van der Waals surface area contributed by atoms with Gasteiger partial charge in [0.15, 0.2) is 5.84 Å². The highest BCUT2D eigenvalue weighted by atomic mass is 19.1. The van der Waals surface area contributed by atoms with Crippen LogP contribution < -0.4 is 4.74 Å². The summed E-state index contributed by atoms with van der Waals surface area (Å²) in [5, 5.41) is 14.4. The molecule has 2 aromatic carbocycles. The third-order valence-corrected chi connectivity index (χ3v) is 6.19. The third kappa shape index (κ3) is 4.30. The molecule has 172 valence electrons. The number of amidine groups is 1. The molecule has 3 aromatic rings. The van der Waals surface area contributed by atoms with Crippen LogP contribution in [0.1, 0.15) is 35.2 Å². The number of imidazole rings is 1. The summed E-state index contributed by atoms with van der Waals surface area (Å²) in [4.78, 5) is 12.1. The number of aliphatic hydroxyl groups excluding tert-OH is 1. The average molecular weight is 451 g/mol. The maximum Gasteiger partial charge on any atom is 0.175 e. The molecule has 8 heteroatoms. The summed E-state index contributed by atoms with van der Waals surface area (Å²) in [7, 11) is 0. The molecule has 1 saturated heterocycles. The summed E-state index contributed by atoms with van der Waals surface area (Å²) in [5.41, 5.74) is 4.24. The predicted molar refractivity (Wildman–Crippen MR) is 122 cm³/mol. The molecule has 0 saturated carbocycles. The van der Waals surface area contributed by atoms with Gasteiger partial charge in [0.25, 0.3) is 0 Å². The maximum atomic E-state index is 13.9. The fourth-order valence-electron chi connectivity index (χ4n) is 4.67. The van der Waals surface area contributed by atoms with Gasteiger partial charge in [-0.05, 0) is 62.6 Å². The van der Waals surface area contributed by atoms with Gasteiger partial charge in [0, 0.05) is 29.9 Å². The topological polar surface area (TPSA) is 72.1 Å². The number of oxime groups is 1. The Morgan fingerprint density at radius 1 is 1.21 bits per heavy atom. The van der Waals surface area contributed by atoms with Gasteiger partial charge in [-0.1, -0.05) is 5.16 Å². The first-order chi connectivity index (χ1) is 16.0. The van der Waals surface area contributed by atoms with Crippen LogP contribution in [-0.4, -0.2) is 50.7 Å². The SMILES string of the molecule is Cc1cc(F)cc(OC2CCCN3C(c4ccc(-n5cnc(C)c5)c(CO)c4)=NOCC23)c1. The molecular formula is C25H27FN4O3. The summed E-state index contributed by atoms with van der Waals surface area (Å²) >= 11 is 0. The number of hydrogen-bond donors (Lipinski definition) is 1. The van der Waals surface area contributed by atoms with Crippen LogP contribution in [0, 0.1) is 19.7 Å². The molecule has 7 nitrogen and oxygen atoms in total. The van der Waals surface area contributed by atoms with Gasteiger partial charge in [0.1, 0.15) is 30.3 Å². The van der Waals surface area contributed by atoms with Gasteiger partial charge in [0.2, 0.25) is 0 Å². The quantitative estimate of drug-likeness (QED) is 0.642. The van der Waals surface area contributed by atoms with Crippen molar-refractivity contribution in [2.75, 3.05) is 13.2 Å². The van der Waals surface area contributed by atoms with Crippen LogP contribution in [0.4, 0.5) is 4.39 Å². The van der Waals surface area contributed by atoms with Crippen LogP contribution in [0.2, 0.25) is 0 Å². The van der Waals surface area contributed by atoms with Gasteiger partial charge in [-0.25, -0.2) is 9.37 Å². The zero-order valence-corrected chi connectivity index (χ0v) is 18.7. The van der Waals surface area contributed by atoms with Crippen LogP contribution in [0.25, 0.3) is 5.69 Å². The van der Waals surface area contributed by atoms with Crippen molar-refractivity contribution in [2.45, 2.75) is 45.4 Å². The summed E-state index contributed by atoms with van der Waals surface area (Å²) < 4.78 is 22.0. The molecule has 33 heavy (non-hydrogen) atoms. The second-order valence-electron chi connectivity index (χ2n) is 8.66. The number of benzene rings is 2. The van der Waals surface area contributed by atoms with Crippen molar-refractivity contribution in [3.05, 3.63) is 77.1 Å². The molecule has 0 aliphatic carbocycles. The van der Waals surface area contributed by atoms with Crippen molar-refractivity contribution < 1.29 is 19.1 Å². The molecule has 1 fully saturated rings. The lowest BCUT2D eigenvalue weighted by Gasteiger charge is -2.43. The number of piperidine rings is 1. The molecule has 1 aromatic heterocycles. The van der Waals surface area contributed by atoms with E-state index in [4.69, 9.17) is 9.57 Å². The van der Waals surface area contributed by atoms with Gasteiger partial charge in [-0.3, -0.25) is 0 Å². The van der Waals surface area contributed by atoms with Gasteiger partial charge in [-0.15, -0.1) is 0 Å². The molecule has 1 N–H and O–H groups in total. The third-order valence-electron chi connectivity index (χ3n) is 6.19. The Morgan fingerprint density at radius 2 is 2.09 bits per heavy atom. The summed E-state index contributed by atoms with van der Waals surface area (Å²) in [5.74, 6) is 0.952. The molecule has 2 aliphatic heterocycles. The predicted octanol–water partition coefficient (Wildman–Crippen LogP) is 3.72. The van der Waals surface area contributed by atoms with E-state index in [0.29, 0.717) is 12.4 Å². The van der Waals surface area contributed by atoms with Gasteiger partial charge in [0.05, 0.1) is 24.3 Å². The summed E-state index contributed by atoms with van der Waals surface area (Å²) in [6.45, 7) is 4.90. The van der Waals surface area contributed by atoms with Crippen molar-refractivity contribution in [1.29, 1.82) is 0 Å². The zero-order chi connectivity index (χ0) is 22.9. The van der Waals surface area contributed by atoms with E-state index in [-0.39, 0.29) is 24.6 Å². The Labute approximate surface area is 192 Å². The highest BCUT2D eigenvalue weighted by Gasteiger charge is 2.38. The first-order valence-electron chi connectivity index (χ1n) is 11.2. The van der Waals surface area contributed by atoms with E-state index in [1.165, 1.54) is 12.1 Å². The summed E-state index contributed by atoms with van der Waals surface area (Å²) in [6, 6.07) is 10.6. The van der Waals surface area contributed by atoms with E-state index >= 15 is 0 Å². The average Bonchev–Trinajstić information content (AvgIpc) is 3.24. The minimum absolute atomic E-state index is 0.0385. The molecule has 2 aliphatic rings. The Balaban J connectivity index is 1.41. The van der Waals surface area contributed by atoms with Crippen LogP contribution >= 0.6 is 0 Å². The fourth-order valence-corrected chi connectivity index (χ4v) is 4.67. The molecule has 2 atom stereocenters. The molecule has 0 amide bonds. The van der Waals surface area contributed by atoms with Crippen LogP contribution in [0.3, 0.4) is 0 Å². The van der Waals surface area contributed by atoms with E-state index in [2.05, 4.69) is 15.0 Å². The first kappa shape index (κ1) is 21.5. The highest BCUT2D eigenvalue weighted by molar-refractivity contribution is 5.99. The molecule has 0 spiro atoms. The molecular weight excluding hydrogens is 423 g/mol. The Kier molecular flexibility index (Phi) is 5.76. The normalized spacial score (nSPS) is 20.1. The van der Waals surface area contributed by atoms with Gasteiger partial charge in [-0.2, -0.15) is 0 Å². The van der Waals surface area contributed by atoms with Crippen molar-refractivity contribution in [2.24, 2.45) is 5.16 Å². The van der Waals surface area contributed by atoms with E-state index in [1.807, 2.05) is 48.9 Å². The van der Waals surface area contributed by atoms with Gasteiger partial charge >= 0.3 is 0 Å². The number of fused-ring (bicyclic) bond motifs is 1. The molecule has 0 radical (unpaired) electrons. The second kappa shape index (κ2) is 8.86. The maximum absolute atomic E-state index is 13.9. The smallest absolute Gasteiger partial charge is 0.175 e. The molecule has 0 bridgehead atoms. The number of rotatable bonds is 5. The lowest BCUT2D eigenvalue weighted by molar-refractivity contribution is -0.0159. The molecule has 2 unspecified atom stereocenters. The Bertz CT molecular complexity index is 1170. The number of halogens is 1. The largest absolute Gasteiger partial charge is 0.488 e. The standard InChI is InChI=1S/C25H27FN4O3/c1-16-8-20(26)11-21(9-16)33-24-4-3-7-30-23(24)14-32-28-25(30)18-5-6-22(19(10-18)13-31)29-12-17(2)27-15-29/h5-6,8-12,15,23-24,31H,3-4,7,13-14H2,1-2H3. The van der Waals surface area contributed by atoms with E-state index in [0.717, 1.165) is 53.3 Å². The monoisotopic (exact) mass is 450 g/mol. The number of aliphatic hydroxyl groups is 1. The number of aromatic nitrogens is 2. The highest BCUT2D eigenvalue weighted by Crippen LogP contribution is 2.29. The Morgan fingerprint density at radius 3 is 2.85 bits per heavy atom. The Hall–Kier alpha value is -3.39. The van der Waals surface area contributed by atoms with Crippen molar-refractivity contribution >= 4 is 5.84 Å². The second-order valence-corrected chi connectivity index (χ2v) is 8.66. The number of ether oxygens (including phenoxy) is 1. The lowest BCUT2D eigenvalue weighted by Crippen LogP contribution is -2.57. The van der Waals surface area contributed by atoms with E-state index in [1.54, 1.807) is 6.33 Å².